The van der Waals surface area contributed by atoms with Crippen molar-refractivity contribution in [2.75, 3.05) is 19.6 Å². The van der Waals surface area contributed by atoms with Gasteiger partial charge in [0.15, 0.2) is 0 Å². The van der Waals surface area contributed by atoms with Gasteiger partial charge in [-0.1, -0.05) is 23.7 Å². The van der Waals surface area contributed by atoms with Crippen LogP contribution in [0.4, 0.5) is 0 Å². The van der Waals surface area contributed by atoms with Gasteiger partial charge in [0.2, 0.25) is 5.91 Å². The van der Waals surface area contributed by atoms with Gasteiger partial charge in [-0.25, -0.2) is 0 Å². The van der Waals surface area contributed by atoms with Gasteiger partial charge >= 0.3 is 0 Å². The van der Waals surface area contributed by atoms with Crippen molar-refractivity contribution in [2.24, 2.45) is 5.92 Å². The normalized spacial score (nSPS) is 19.2. The third-order valence-electron chi connectivity index (χ3n) is 3.60. The number of amides is 1. The maximum Gasteiger partial charge on any atom is 0.227 e. The Balaban J connectivity index is 2.00. The van der Waals surface area contributed by atoms with E-state index in [1.54, 1.807) is 0 Å². The summed E-state index contributed by atoms with van der Waals surface area (Å²) in [4.78, 5) is 14.4. The Bertz CT molecular complexity index is 430. The molecule has 0 saturated carbocycles. The van der Waals surface area contributed by atoms with Gasteiger partial charge in [0.05, 0.1) is 5.92 Å². The summed E-state index contributed by atoms with van der Waals surface area (Å²) in [6.07, 6.45) is 2.09. The third-order valence-corrected chi connectivity index (χ3v) is 3.84. The molecule has 1 aromatic carbocycles. The Morgan fingerprint density at radius 1 is 1.53 bits per heavy atom. The summed E-state index contributed by atoms with van der Waals surface area (Å²) in [7, 11) is 0. The number of piperidine rings is 1. The largest absolute Gasteiger partial charge is 0.338 e. The Hall–Kier alpha value is -1.06. The molecule has 1 amide bonds. The molecule has 1 unspecified atom stereocenters. The third kappa shape index (κ3) is 3.95. The van der Waals surface area contributed by atoms with Crippen LogP contribution in [0.5, 0.6) is 0 Å². The van der Waals surface area contributed by atoms with Gasteiger partial charge in [0.25, 0.3) is 0 Å². The summed E-state index contributed by atoms with van der Waals surface area (Å²) in [6, 6.07) is 7.73. The van der Waals surface area contributed by atoms with Crippen LogP contribution in [0.2, 0.25) is 5.02 Å². The molecule has 2 rings (SSSR count). The monoisotopic (exact) mass is 280 g/mol. The van der Waals surface area contributed by atoms with Crippen LogP contribution in [0.25, 0.3) is 0 Å². The first-order valence-corrected chi connectivity index (χ1v) is 7.32. The highest BCUT2D eigenvalue weighted by molar-refractivity contribution is 6.30. The van der Waals surface area contributed by atoms with Crippen LogP contribution in [0.3, 0.4) is 0 Å². The lowest BCUT2D eigenvalue weighted by molar-refractivity contribution is -0.136. The number of hydrogen-bond donors (Lipinski definition) is 1. The second-order valence-electron chi connectivity index (χ2n) is 5.03. The fourth-order valence-corrected chi connectivity index (χ4v) is 2.73. The first-order chi connectivity index (χ1) is 9.20. The van der Waals surface area contributed by atoms with E-state index in [-0.39, 0.29) is 11.8 Å². The Morgan fingerprint density at radius 2 is 2.37 bits per heavy atom. The average Bonchev–Trinajstić information content (AvgIpc) is 2.45. The van der Waals surface area contributed by atoms with Crippen LogP contribution in [-0.4, -0.2) is 30.4 Å². The molecule has 1 aromatic rings. The number of benzene rings is 1. The van der Waals surface area contributed by atoms with Gasteiger partial charge in [-0.3, -0.25) is 4.79 Å². The lowest BCUT2D eigenvalue weighted by atomic mass is 9.98. The summed E-state index contributed by atoms with van der Waals surface area (Å²) in [5.41, 5.74) is 1.09. The van der Waals surface area contributed by atoms with E-state index >= 15 is 0 Å². The highest BCUT2D eigenvalue weighted by Crippen LogP contribution is 2.17. The van der Waals surface area contributed by atoms with E-state index in [9.17, 15) is 4.79 Å². The number of halogens is 1. The van der Waals surface area contributed by atoms with Crippen molar-refractivity contribution >= 4 is 17.5 Å². The summed E-state index contributed by atoms with van der Waals surface area (Å²) in [6.45, 7) is 5.25. The molecule has 1 fully saturated rings. The van der Waals surface area contributed by atoms with Crippen LogP contribution in [-0.2, 0) is 11.3 Å². The Morgan fingerprint density at radius 3 is 3.00 bits per heavy atom. The van der Waals surface area contributed by atoms with E-state index in [4.69, 9.17) is 11.6 Å². The smallest absolute Gasteiger partial charge is 0.227 e. The van der Waals surface area contributed by atoms with E-state index in [1.165, 1.54) is 0 Å². The van der Waals surface area contributed by atoms with E-state index < -0.39 is 0 Å². The topological polar surface area (TPSA) is 32.3 Å². The van der Waals surface area contributed by atoms with Gasteiger partial charge in [0, 0.05) is 24.7 Å². The van der Waals surface area contributed by atoms with E-state index in [0.29, 0.717) is 6.54 Å². The van der Waals surface area contributed by atoms with Crippen molar-refractivity contribution in [3.8, 4) is 0 Å². The highest BCUT2D eigenvalue weighted by atomic mass is 35.5. The van der Waals surface area contributed by atoms with E-state index in [1.807, 2.05) is 36.1 Å². The first kappa shape index (κ1) is 14.4. The van der Waals surface area contributed by atoms with Crippen LogP contribution < -0.4 is 5.32 Å². The second kappa shape index (κ2) is 6.92. The van der Waals surface area contributed by atoms with Gasteiger partial charge < -0.3 is 10.2 Å². The minimum absolute atomic E-state index is 0.132. The molecule has 1 saturated heterocycles. The maximum absolute atomic E-state index is 12.5. The van der Waals surface area contributed by atoms with Crippen molar-refractivity contribution in [1.82, 2.24) is 10.2 Å². The molecule has 1 N–H and O–H groups in total. The highest BCUT2D eigenvalue weighted by Gasteiger charge is 2.25. The number of hydrogen-bond acceptors (Lipinski definition) is 2. The Kier molecular flexibility index (Phi) is 5.23. The van der Waals surface area contributed by atoms with Crippen LogP contribution >= 0.6 is 11.6 Å². The zero-order valence-electron chi connectivity index (χ0n) is 11.4. The molecule has 3 nitrogen and oxygen atoms in total. The quantitative estimate of drug-likeness (QED) is 0.920. The Labute approximate surface area is 119 Å². The molecule has 0 bridgehead atoms. The molecule has 0 aliphatic carbocycles. The summed E-state index contributed by atoms with van der Waals surface area (Å²) in [5.74, 6) is 0.391. The van der Waals surface area contributed by atoms with Crippen molar-refractivity contribution in [3.05, 3.63) is 34.9 Å². The summed E-state index contributed by atoms with van der Waals surface area (Å²) < 4.78 is 0. The van der Waals surface area contributed by atoms with Crippen molar-refractivity contribution in [3.63, 3.8) is 0 Å². The molecular weight excluding hydrogens is 260 g/mol. The number of rotatable bonds is 4. The predicted molar refractivity (Wildman–Crippen MR) is 78.1 cm³/mol. The molecule has 0 radical (unpaired) electrons. The van der Waals surface area contributed by atoms with Gasteiger partial charge in [-0.05, 0) is 44.0 Å². The molecule has 1 atom stereocenters. The molecule has 4 heteroatoms. The number of nitrogens with zero attached hydrogens (tertiary/aromatic N) is 1. The van der Waals surface area contributed by atoms with E-state index in [2.05, 4.69) is 5.32 Å². The maximum atomic E-state index is 12.5. The number of carbonyl (C=O) groups excluding carboxylic acids is 1. The van der Waals surface area contributed by atoms with E-state index in [0.717, 1.165) is 43.1 Å². The molecule has 1 heterocycles. The van der Waals surface area contributed by atoms with Gasteiger partial charge in [-0.2, -0.15) is 0 Å². The molecule has 19 heavy (non-hydrogen) atoms. The minimum atomic E-state index is 0.132. The zero-order valence-corrected chi connectivity index (χ0v) is 12.1. The molecular formula is C15H21ClN2O. The standard InChI is InChI=1S/C15H21ClN2O/c1-2-18(11-12-5-3-7-14(16)9-12)15(19)13-6-4-8-17-10-13/h3,5,7,9,13,17H,2,4,6,8,10-11H2,1H3. The molecule has 0 spiro atoms. The average molecular weight is 281 g/mol. The first-order valence-electron chi connectivity index (χ1n) is 6.94. The predicted octanol–water partition coefficient (Wildman–Crippen LogP) is 2.69. The van der Waals surface area contributed by atoms with Crippen LogP contribution in [0.1, 0.15) is 25.3 Å². The van der Waals surface area contributed by atoms with Crippen LogP contribution in [0, 0.1) is 5.92 Å². The van der Waals surface area contributed by atoms with Gasteiger partial charge in [0.1, 0.15) is 0 Å². The van der Waals surface area contributed by atoms with Crippen molar-refractivity contribution in [2.45, 2.75) is 26.3 Å². The SMILES string of the molecule is CCN(Cc1cccc(Cl)c1)C(=O)C1CCCNC1. The zero-order chi connectivity index (χ0) is 13.7. The fourth-order valence-electron chi connectivity index (χ4n) is 2.52. The van der Waals surface area contributed by atoms with Crippen molar-refractivity contribution in [1.29, 1.82) is 0 Å². The molecule has 1 aliphatic rings. The lowest BCUT2D eigenvalue weighted by Crippen LogP contribution is -2.42. The summed E-state index contributed by atoms with van der Waals surface area (Å²) >= 11 is 5.99. The van der Waals surface area contributed by atoms with Crippen molar-refractivity contribution < 1.29 is 4.79 Å². The fraction of sp³-hybridized carbons (Fsp3) is 0.533. The molecule has 0 aromatic heterocycles. The van der Waals surface area contributed by atoms with Crippen LogP contribution in [0.15, 0.2) is 24.3 Å². The number of nitrogens with one attached hydrogen (secondary N) is 1. The molecule has 104 valence electrons. The lowest BCUT2D eigenvalue weighted by Gasteiger charge is -2.29. The summed E-state index contributed by atoms with van der Waals surface area (Å²) in [5, 5.41) is 4.02. The number of carbonyl (C=O) groups is 1. The molecule has 1 aliphatic heterocycles. The minimum Gasteiger partial charge on any atom is -0.338 e. The second-order valence-corrected chi connectivity index (χ2v) is 5.46. The van der Waals surface area contributed by atoms with Gasteiger partial charge in [-0.15, -0.1) is 0 Å².